The Hall–Kier alpha value is -2.36. The fraction of sp³-hybridized carbons (Fsp3) is 0.250. The van der Waals surface area contributed by atoms with Crippen LogP contribution in [-0.4, -0.2) is 22.6 Å². The van der Waals surface area contributed by atoms with Gasteiger partial charge < -0.3 is 10.0 Å². The Morgan fingerprint density at radius 1 is 1.30 bits per heavy atom. The Labute approximate surface area is 117 Å². The van der Waals surface area contributed by atoms with Gasteiger partial charge in [0.1, 0.15) is 0 Å². The van der Waals surface area contributed by atoms with E-state index in [1.807, 2.05) is 36.5 Å². The van der Waals surface area contributed by atoms with E-state index in [4.69, 9.17) is 0 Å². The van der Waals surface area contributed by atoms with Crippen LogP contribution in [-0.2, 0) is 17.8 Å². The number of hydrogen-bond acceptors (Lipinski definition) is 3. The largest absolute Gasteiger partial charge is 0.481 e. The average molecular weight is 268 g/mol. The first-order valence-corrected chi connectivity index (χ1v) is 6.68. The predicted octanol–water partition coefficient (Wildman–Crippen LogP) is 2.35. The molecular weight excluding hydrogens is 252 g/mol. The molecule has 1 N–H and O–H groups in total. The molecule has 0 aliphatic carbocycles. The Morgan fingerprint density at radius 2 is 2.15 bits per heavy atom. The quantitative estimate of drug-likeness (QED) is 0.928. The van der Waals surface area contributed by atoms with Crippen LogP contribution < -0.4 is 4.90 Å². The number of carbonyl (C=O) groups is 1. The highest BCUT2D eigenvalue weighted by Gasteiger charge is 2.28. The third-order valence-corrected chi connectivity index (χ3v) is 3.68. The molecular formula is C16H16N2O2. The molecule has 1 aromatic heterocycles. The number of aromatic nitrogens is 1. The summed E-state index contributed by atoms with van der Waals surface area (Å²) in [7, 11) is 0. The molecule has 1 aromatic carbocycles. The van der Waals surface area contributed by atoms with Crippen LogP contribution in [0.2, 0.25) is 0 Å². The van der Waals surface area contributed by atoms with E-state index in [9.17, 15) is 9.90 Å². The van der Waals surface area contributed by atoms with Crippen molar-refractivity contribution in [2.75, 3.05) is 11.4 Å². The van der Waals surface area contributed by atoms with Crippen LogP contribution in [0, 0.1) is 5.92 Å². The lowest BCUT2D eigenvalue weighted by Gasteiger charge is -2.34. The molecule has 1 unspecified atom stereocenters. The minimum Gasteiger partial charge on any atom is -0.481 e. The van der Waals surface area contributed by atoms with Gasteiger partial charge in [0.2, 0.25) is 0 Å². The van der Waals surface area contributed by atoms with Gasteiger partial charge in [0.15, 0.2) is 0 Å². The summed E-state index contributed by atoms with van der Waals surface area (Å²) in [5.74, 6) is -1.07. The van der Waals surface area contributed by atoms with Gasteiger partial charge in [-0.05, 0) is 29.7 Å². The van der Waals surface area contributed by atoms with Crippen LogP contribution in [0.4, 0.5) is 5.69 Å². The van der Waals surface area contributed by atoms with E-state index >= 15 is 0 Å². The molecule has 4 nitrogen and oxygen atoms in total. The minimum absolute atomic E-state index is 0.346. The minimum atomic E-state index is -0.726. The fourth-order valence-corrected chi connectivity index (χ4v) is 2.71. The third-order valence-electron chi connectivity index (χ3n) is 3.68. The highest BCUT2D eigenvalue weighted by Crippen LogP contribution is 2.30. The van der Waals surface area contributed by atoms with Crippen molar-refractivity contribution in [1.29, 1.82) is 0 Å². The maximum atomic E-state index is 11.3. The molecule has 0 spiro atoms. The van der Waals surface area contributed by atoms with Gasteiger partial charge >= 0.3 is 5.97 Å². The summed E-state index contributed by atoms with van der Waals surface area (Å²) >= 11 is 0. The van der Waals surface area contributed by atoms with Gasteiger partial charge in [-0.15, -0.1) is 0 Å². The van der Waals surface area contributed by atoms with E-state index < -0.39 is 5.97 Å². The monoisotopic (exact) mass is 268 g/mol. The van der Waals surface area contributed by atoms with E-state index in [1.54, 1.807) is 6.20 Å². The summed E-state index contributed by atoms with van der Waals surface area (Å²) in [6.07, 6.45) is 4.18. The van der Waals surface area contributed by atoms with Crippen LogP contribution in [0.3, 0.4) is 0 Å². The number of benzene rings is 1. The fourth-order valence-electron chi connectivity index (χ4n) is 2.71. The molecule has 0 saturated heterocycles. The SMILES string of the molecule is O=C(O)C1Cc2ccccc2N(Cc2cccnc2)C1. The van der Waals surface area contributed by atoms with Crippen LogP contribution in [0.5, 0.6) is 0 Å². The predicted molar refractivity (Wildman–Crippen MR) is 76.6 cm³/mol. The van der Waals surface area contributed by atoms with Gasteiger partial charge in [-0.2, -0.15) is 0 Å². The van der Waals surface area contributed by atoms with Gasteiger partial charge in [0.05, 0.1) is 5.92 Å². The Balaban J connectivity index is 1.91. The van der Waals surface area contributed by atoms with Crippen molar-refractivity contribution in [3.05, 3.63) is 59.9 Å². The number of hydrogen-bond donors (Lipinski definition) is 1. The van der Waals surface area contributed by atoms with Crippen LogP contribution in [0.1, 0.15) is 11.1 Å². The topological polar surface area (TPSA) is 53.4 Å². The molecule has 0 radical (unpaired) electrons. The van der Waals surface area contributed by atoms with E-state index in [0.717, 1.165) is 16.8 Å². The molecule has 1 atom stereocenters. The van der Waals surface area contributed by atoms with Crippen molar-refractivity contribution >= 4 is 11.7 Å². The number of anilines is 1. The smallest absolute Gasteiger partial charge is 0.308 e. The number of nitrogens with zero attached hydrogens (tertiary/aromatic N) is 2. The lowest BCUT2D eigenvalue weighted by molar-refractivity contribution is -0.141. The second-order valence-electron chi connectivity index (χ2n) is 5.11. The molecule has 2 aromatic rings. The summed E-state index contributed by atoms with van der Waals surface area (Å²) < 4.78 is 0. The molecule has 1 aliphatic rings. The zero-order valence-corrected chi connectivity index (χ0v) is 11.1. The standard InChI is InChI=1S/C16H16N2O2/c19-16(20)14-8-13-5-1-2-6-15(13)18(11-14)10-12-4-3-7-17-9-12/h1-7,9,14H,8,10-11H2,(H,19,20). The number of carboxylic acids is 1. The first-order chi connectivity index (χ1) is 9.74. The molecule has 4 heteroatoms. The van der Waals surface area contributed by atoms with E-state index in [-0.39, 0.29) is 5.92 Å². The molecule has 0 bridgehead atoms. The first-order valence-electron chi connectivity index (χ1n) is 6.68. The highest BCUT2D eigenvalue weighted by molar-refractivity contribution is 5.73. The van der Waals surface area contributed by atoms with Gasteiger partial charge in [-0.3, -0.25) is 9.78 Å². The second kappa shape index (κ2) is 5.33. The van der Waals surface area contributed by atoms with Crippen LogP contribution >= 0.6 is 0 Å². The third kappa shape index (κ3) is 2.50. The van der Waals surface area contributed by atoms with Gasteiger partial charge in [-0.1, -0.05) is 24.3 Å². The van der Waals surface area contributed by atoms with Crippen molar-refractivity contribution in [2.45, 2.75) is 13.0 Å². The molecule has 3 rings (SSSR count). The molecule has 0 saturated carbocycles. The number of rotatable bonds is 3. The van der Waals surface area contributed by atoms with Gasteiger partial charge in [-0.25, -0.2) is 0 Å². The van der Waals surface area contributed by atoms with Crippen molar-refractivity contribution in [3.8, 4) is 0 Å². The van der Waals surface area contributed by atoms with E-state index in [1.165, 1.54) is 0 Å². The van der Waals surface area contributed by atoms with Crippen molar-refractivity contribution in [1.82, 2.24) is 4.98 Å². The van der Waals surface area contributed by atoms with Crippen molar-refractivity contribution in [2.24, 2.45) is 5.92 Å². The molecule has 0 fully saturated rings. The van der Waals surface area contributed by atoms with Crippen molar-refractivity contribution < 1.29 is 9.90 Å². The second-order valence-corrected chi connectivity index (χ2v) is 5.11. The molecule has 20 heavy (non-hydrogen) atoms. The number of carboxylic acid groups (broad SMARTS) is 1. The summed E-state index contributed by atoms with van der Waals surface area (Å²) in [6.45, 7) is 1.23. The van der Waals surface area contributed by atoms with Crippen molar-refractivity contribution in [3.63, 3.8) is 0 Å². The summed E-state index contributed by atoms with van der Waals surface area (Å²) in [4.78, 5) is 17.6. The van der Waals surface area contributed by atoms with E-state index in [2.05, 4.69) is 16.0 Å². The molecule has 102 valence electrons. The maximum absolute atomic E-state index is 11.3. The average Bonchev–Trinajstić information content (AvgIpc) is 2.48. The van der Waals surface area contributed by atoms with Gasteiger partial charge in [0.25, 0.3) is 0 Å². The normalized spacial score (nSPS) is 17.6. The Morgan fingerprint density at radius 3 is 2.90 bits per heavy atom. The summed E-state index contributed by atoms with van der Waals surface area (Å²) in [5.41, 5.74) is 3.33. The number of fused-ring (bicyclic) bond motifs is 1. The lowest BCUT2D eigenvalue weighted by Crippen LogP contribution is -2.38. The Kier molecular flexibility index (Phi) is 3.37. The number of pyridine rings is 1. The molecule has 1 aliphatic heterocycles. The van der Waals surface area contributed by atoms with Crippen LogP contribution in [0.25, 0.3) is 0 Å². The van der Waals surface area contributed by atoms with Crippen LogP contribution in [0.15, 0.2) is 48.8 Å². The Bertz CT molecular complexity index is 613. The number of para-hydroxylation sites is 1. The zero-order chi connectivity index (χ0) is 13.9. The maximum Gasteiger partial charge on any atom is 0.308 e. The first kappa shape index (κ1) is 12.7. The highest BCUT2D eigenvalue weighted by atomic mass is 16.4. The number of aliphatic carboxylic acids is 1. The zero-order valence-electron chi connectivity index (χ0n) is 11.1. The van der Waals surface area contributed by atoms with E-state index in [0.29, 0.717) is 19.5 Å². The summed E-state index contributed by atoms with van der Waals surface area (Å²) in [5, 5.41) is 9.31. The molecule has 0 amide bonds. The molecule has 2 heterocycles. The lowest BCUT2D eigenvalue weighted by atomic mass is 9.92. The van der Waals surface area contributed by atoms with Gasteiger partial charge in [0, 0.05) is 31.2 Å². The summed E-state index contributed by atoms with van der Waals surface area (Å²) in [6, 6.07) is 12.0.